The van der Waals surface area contributed by atoms with Crippen molar-refractivity contribution < 1.29 is 26.4 Å². The van der Waals surface area contributed by atoms with Crippen LogP contribution in [-0.2, 0) is 16.0 Å². The summed E-state index contributed by atoms with van der Waals surface area (Å²) in [5, 5.41) is 0. The molecule has 0 aliphatic carbocycles. The van der Waals surface area contributed by atoms with Crippen molar-refractivity contribution in [2.24, 2.45) is 0 Å². The number of sulfone groups is 1. The molecule has 3 nitrogen and oxygen atoms in total. The molecule has 0 aliphatic heterocycles. The number of hydrogen-bond donors (Lipinski definition) is 0. The Kier molecular flexibility index (Phi) is 4.37. The molecular formula is C15H11F3O3S. The van der Waals surface area contributed by atoms with E-state index in [2.05, 4.69) is 0 Å². The molecule has 0 aromatic heterocycles. The highest BCUT2D eigenvalue weighted by Crippen LogP contribution is 2.30. The van der Waals surface area contributed by atoms with Gasteiger partial charge in [0, 0.05) is 5.56 Å². The molecule has 0 spiro atoms. The van der Waals surface area contributed by atoms with E-state index < -0.39 is 38.0 Å². The molecule has 0 N–H and O–H groups in total. The van der Waals surface area contributed by atoms with E-state index in [1.807, 2.05) is 0 Å². The van der Waals surface area contributed by atoms with Gasteiger partial charge in [0.25, 0.3) is 0 Å². The van der Waals surface area contributed by atoms with E-state index in [1.54, 1.807) is 18.2 Å². The van der Waals surface area contributed by atoms with E-state index in [0.717, 1.165) is 18.2 Å². The first kappa shape index (κ1) is 16.2. The average Bonchev–Trinajstić information content (AvgIpc) is 2.47. The molecule has 2 aromatic carbocycles. The Balaban J connectivity index is 2.30. The van der Waals surface area contributed by atoms with Crippen LogP contribution in [0.25, 0.3) is 0 Å². The lowest BCUT2D eigenvalue weighted by molar-refractivity contribution is -0.137. The first-order valence-electron chi connectivity index (χ1n) is 6.18. The van der Waals surface area contributed by atoms with Crippen LogP contribution < -0.4 is 0 Å². The number of ketones is 1. The SMILES string of the molecule is O=C(CS(=O)(=O)c1cccc(C(F)(F)F)c1)c1ccccc1. The molecule has 0 atom stereocenters. The van der Waals surface area contributed by atoms with Gasteiger partial charge in [0.05, 0.1) is 10.5 Å². The second-order valence-corrected chi connectivity index (χ2v) is 6.56. The Labute approximate surface area is 125 Å². The Morgan fingerprint density at radius 1 is 0.955 bits per heavy atom. The maximum Gasteiger partial charge on any atom is 0.416 e. The fourth-order valence-electron chi connectivity index (χ4n) is 1.83. The Bertz CT molecular complexity index is 781. The van der Waals surface area contributed by atoms with E-state index in [-0.39, 0.29) is 5.56 Å². The molecule has 116 valence electrons. The molecule has 0 fully saturated rings. The summed E-state index contributed by atoms with van der Waals surface area (Å²) in [7, 11) is -4.14. The highest BCUT2D eigenvalue weighted by molar-refractivity contribution is 7.92. The van der Waals surface area contributed by atoms with E-state index in [9.17, 15) is 26.4 Å². The van der Waals surface area contributed by atoms with E-state index in [1.165, 1.54) is 12.1 Å². The van der Waals surface area contributed by atoms with Gasteiger partial charge in [-0.3, -0.25) is 4.79 Å². The predicted octanol–water partition coefficient (Wildman–Crippen LogP) is 3.36. The number of carbonyl (C=O) groups excluding carboxylic acids is 1. The molecule has 2 aromatic rings. The van der Waals surface area contributed by atoms with Crippen LogP contribution in [0, 0.1) is 0 Å². The van der Waals surface area contributed by atoms with Crippen LogP contribution in [0.5, 0.6) is 0 Å². The van der Waals surface area contributed by atoms with Crippen LogP contribution in [0.1, 0.15) is 15.9 Å². The zero-order valence-corrected chi connectivity index (χ0v) is 12.0. The van der Waals surface area contributed by atoms with Crippen LogP contribution >= 0.6 is 0 Å². The van der Waals surface area contributed by atoms with Crippen molar-refractivity contribution in [2.45, 2.75) is 11.1 Å². The Morgan fingerprint density at radius 2 is 1.59 bits per heavy atom. The fraction of sp³-hybridized carbons (Fsp3) is 0.133. The standard InChI is InChI=1S/C15H11F3O3S/c16-15(17,18)12-7-4-8-13(9-12)22(20,21)10-14(19)11-5-2-1-3-6-11/h1-9H,10H2. The molecule has 0 radical (unpaired) electrons. The Morgan fingerprint density at radius 3 is 2.18 bits per heavy atom. The monoisotopic (exact) mass is 328 g/mol. The lowest BCUT2D eigenvalue weighted by atomic mass is 10.2. The molecule has 0 amide bonds. The van der Waals surface area contributed by atoms with E-state index >= 15 is 0 Å². The summed E-state index contributed by atoms with van der Waals surface area (Å²) in [5.74, 6) is -1.55. The molecule has 0 bridgehead atoms. The molecule has 0 unspecified atom stereocenters. The first-order chi connectivity index (χ1) is 10.2. The van der Waals surface area contributed by atoms with Crippen molar-refractivity contribution in [1.82, 2.24) is 0 Å². The van der Waals surface area contributed by atoms with E-state index in [0.29, 0.717) is 6.07 Å². The third kappa shape index (κ3) is 3.73. The van der Waals surface area contributed by atoms with Gasteiger partial charge in [-0.1, -0.05) is 36.4 Å². The molecule has 0 heterocycles. The van der Waals surface area contributed by atoms with Crippen LogP contribution in [0.4, 0.5) is 13.2 Å². The third-order valence-electron chi connectivity index (χ3n) is 2.94. The second kappa shape index (κ2) is 5.92. The molecule has 0 saturated heterocycles. The minimum Gasteiger partial charge on any atom is -0.293 e. The van der Waals surface area contributed by atoms with Crippen molar-refractivity contribution in [1.29, 1.82) is 0 Å². The number of Topliss-reactive ketones (excluding diaryl/α,β-unsaturated/α-hetero) is 1. The smallest absolute Gasteiger partial charge is 0.293 e. The summed E-state index contributed by atoms with van der Waals surface area (Å²) in [6.45, 7) is 0. The van der Waals surface area contributed by atoms with Crippen molar-refractivity contribution in [2.75, 3.05) is 5.75 Å². The van der Waals surface area contributed by atoms with Crippen molar-refractivity contribution in [3.63, 3.8) is 0 Å². The zero-order chi connectivity index (χ0) is 16.4. The lowest BCUT2D eigenvalue weighted by Gasteiger charge is -2.09. The largest absolute Gasteiger partial charge is 0.416 e. The number of benzene rings is 2. The van der Waals surface area contributed by atoms with Gasteiger partial charge in [0.1, 0.15) is 5.75 Å². The highest BCUT2D eigenvalue weighted by atomic mass is 32.2. The van der Waals surface area contributed by atoms with Crippen LogP contribution in [0.15, 0.2) is 59.5 Å². The lowest BCUT2D eigenvalue weighted by Crippen LogP contribution is -2.17. The number of carbonyl (C=O) groups is 1. The minimum atomic E-state index is -4.64. The van der Waals surface area contributed by atoms with Crippen molar-refractivity contribution in [3.8, 4) is 0 Å². The Hall–Kier alpha value is -2.15. The fourth-order valence-corrected chi connectivity index (χ4v) is 3.10. The van der Waals surface area contributed by atoms with Crippen LogP contribution in [0.3, 0.4) is 0 Å². The number of alkyl halides is 3. The summed E-state index contributed by atoms with van der Waals surface area (Å²) in [6.07, 6.45) is -4.64. The first-order valence-corrected chi connectivity index (χ1v) is 7.84. The molecule has 22 heavy (non-hydrogen) atoms. The van der Waals surface area contributed by atoms with Gasteiger partial charge in [0.15, 0.2) is 15.6 Å². The van der Waals surface area contributed by atoms with Gasteiger partial charge in [-0.25, -0.2) is 8.42 Å². The number of hydrogen-bond acceptors (Lipinski definition) is 3. The van der Waals surface area contributed by atoms with Crippen LogP contribution in [-0.4, -0.2) is 20.0 Å². The van der Waals surface area contributed by atoms with Crippen molar-refractivity contribution >= 4 is 15.6 Å². The highest BCUT2D eigenvalue weighted by Gasteiger charge is 2.32. The van der Waals surface area contributed by atoms with Gasteiger partial charge < -0.3 is 0 Å². The normalized spacial score (nSPS) is 12.1. The number of rotatable bonds is 4. The summed E-state index contributed by atoms with van der Waals surface area (Å²) in [5.41, 5.74) is -0.876. The maximum atomic E-state index is 12.6. The topological polar surface area (TPSA) is 51.2 Å². The molecule has 7 heteroatoms. The molecule has 2 rings (SSSR count). The maximum absolute atomic E-state index is 12.6. The summed E-state index contributed by atoms with van der Waals surface area (Å²) < 4.78 is 62.1. The summed E-state index contributed by atoms with van der Waals surface area (Å²) >= 11 is 0. The second-order valence-electron chi connectivity index (χ2n) is 4.57. The summed E-state index contributed by atoms with van der Waals surface area (Å²) in [6, 6.07) is 11.1. The van der Waals surface area contributed by atoms with Gasteiger partial charge in [-0.15, -0.1) is 0 Å². The summed E-state index contributed by atoms with van der Waals surface area (Å²) in [4.78, 5) is 11.4. The third-order valence-corrected chi connectivity index (χ3v) is 4.55. The zero-order valence-electron chi connectivity index (χ0n) is 11.2. The molecular weight excluding hydrogens is 317 g/mol. The van der Waals surface area contributed by atoms with Crippen LogP contribution in [0.2, 0.25) is 0 Å². The number of halogens is 3. The molecule has 0 saturated carbocycles. The van der Waals surface area contributed by atoms with Gasteiger partial charge in [-0.2, -0.15) is 13.2 Å². The predicted molar refractivity (Wildman–Crippen MR) is 74.3 cm³/mol. The minimum absolute atomic E-state index is 0.193. The molecule has 0 aliphatic rings. The quantitative estimate of drug-likeness (QED) is 0.809. The average molecular weight is 328 g/mol. The van der Waals surface area contributed by atoms with Gasteiger partial charge >= 0.3 is 6.18 Å². The van der Waals surface area contributed by atoms with Gasteiger partial charge in [-0.05, 0) is 18.2 Å². The van der Waals surface area contributed by atoms with E-state index in [4.69, 9.17) is 0 Å². The van der Waals surface area contributed by atoms with Gasteiger partial charge in [0.2, 0.25) is 0 Å². The van der Waals surface area contributed by atoms with Crippen molar-refractivity contribution in [3.05, 3.63) is 65.7 Å².